The van der Waals surface area contributed by atoms with E-state index in [2.05, 4.69) is 4.99 Å². The maximum Gasteiger partial charge on any atom is 0.179 e. The molecule has 0 bridgehead atoms. The average Bonchev–Trinajstić information content (AvgIpc) is 2.77. The van der Waals surface area contributed by atoms with E-state index in [1.165, 1.54) is 12.8 Å². The van der Waals surface area contributed by atoms with Crippen LogP contribution in [0.3, 0.4) is 0 Å². The molecule has 1 unspecified atom stereocenters. The lowest BCUT2D eigenvalue weighted by molar-refractivity contribution is 0.102. The van der Waals surface area contributed by atoms with E-state index in [0.29, 0.717) is 11.7 Å². The summed E-state index contributed by atoms with van der Waals surface area (Å²) in [6, 6.07) is 0. The van der Waals surface area contributed by atoms with Gasteiger partial charge in [-0.25, -0.2) is 4.99 Å². The molecule has 1 atom stereocenters. The van der Waals surface area contributed by atoms with Gasteiger partial charge in [-0.15, -0.1) is 35.8 Å². The summed E-state index contributed by atoms with van der Waals surface area (Å²) >= 11 is 7.23. The molecule has 0 spiro atoms. The minimum Gasteiger partial charge on any atom is -0.367 e. The van der Waals surface area contributed by atoms with E-state index in [0.717, 1.165) is 5.04 Å². The van der Waals surface area contributed by atoms with E-state index < -0.39 is 5.72 Å². The van der Waals surface area contributed by atoms with E-state index in [-0.39, 0.29) is 18.3 Å². The second-order valence-corrected chi connectivity index (χ2v) is 4.39. The molecule has 0 amide bonds. The van der Waals surface area contributed by atoms with Crippen molar-refractivity contribution < 1.29 is 5.11 Å². The van der Waals surface area contributed by atoms with E-state index in [1.807, 2.05) is 0 Å². The number of thioether (sulfide) groups is 1. The number of nitrogens with zero attached hydrogens (tertiary/aromatic N) is 1. The molecule has 0 aromatic rings. The van der Waals surface area contributed by atoms with Crippen molar-refractivity contribution in [2.45, 2.75) is 18.6 Å². The van der Waals surface area contributed by atoms with E-state index in [9.17, 15) is 5.11 Å². The maximum atomic E-state index is 9.61. The standard InChI is InChI=1S/C7H10ClNOS.ClH/c8-3-7(10)4-11-6(9-7)5-1-2-5;/h5,10H,1-4H2;1H. The van der Waals surface area contributed by atoms with Crippen LogP contribution in [0, 0.1) is 5.92 Å². The van der Waals surface area contributed by atoms with Crippen molar-refractivity contribution in [2.24, 2.45) is 10.9 Å². The Morgan fingerprint density at radius 1 is 1.67 bits per heavy atom. The van der Waals surface area contributed by atoms with Gasteiger partial charge in [-0.1, -0.05) is 0 Å². The summed E-state index contributed by atoms with van der Waals surface area (Å²) in [7, 11) is 0. The van der Waals surface area contributed by atoms with Crippen LogP contribution in [0.1, 0.15) is 12.8 Å². The normalized spacial score (nSPS) is 34.3. The molecule has 1 N–H and O–H groups in total. The molecule has 2 aliphatic rings. The zero-order valence-electron chi connectivity index (χ0n) is 6.49. The summed E-state index contributed by atoms with van der Waals surface area (Å²) < 4.78 is 0. The quantitative estimate of drug-likeness (QED) is 0.732. The van der Waals surface area contributed by atoms with Crippen LogP contribution in [-0.4, -0.2) is 27.5 Å². The average molecular weight is 228 g/mol. The highest BCUT2D eigenvalue weighted by molar-refractivity contribution is 8.14. The van der Waals surface area contributed by atoms with Crippen LogP contribution in [0.4, 0.5) is 0 Å². The molecule has 1 saturated carbocycles. The molecule has 12 heavy (non-hydrogen) atoms. The van der Waals surface area contributed by atoms with Crippen LogP contribution < -0.4 is 0 Å². The lowest BCUT2D eigenvalue weighted by Gasteiger charge is -2.12. The summed E-state index contributed by atoms with van der Waals surface area (Å²) in [5.74, 6) is 1.51. The molecule has 0 radical (unpaired) electrons. The van der Waals surface area contributed by atoms with Crippen molar-refractivity contribution in [2.75, 3.05) is 11.6 Å². The van der Waals surface area contributed by atoms with Gasteiger partial charge in [0.25, 0.3) is 0 Å². The predicted molar refractivity (Wildman–Crippen MR) is 55.5 cm³/mol. The molecule has 1 aliphatic carbocycles. The van der Waals surface area contributed by atoms with Crippen molar-refractivity contribution in [1.29, 1.82) is 0 Å². The number of hydrogen-bond donors (Lipinski definition) is 1. The summed E-state index contributed by atoms with van der Waals surface area (Å²) in [6.07, 6.45) is 2.48. The molecule has 0 aromatic heterocycles. The van der Waals surface area contributed by atoms with Crippen molar-refractivity contribution >= 4 is 40.8 Å². The van der Waals surface area contributed by atoms with Crippen LogP contribution in [0.25, 0.3) is 0 Å². The van der Waals surface area contributed by atoms with Gasteiger partial charge in [0.05, 0.1) is 16.7 Å². The first-order valence-electron chi connectivity index (χ1n) is 3.74. The van der Waals surface area contributed by atoms with Crippen LogP contribution in [0.15, 0.2) is 4.99 Å². The molecule has 1 fully saturated rings. The van der Waals surface area contributed by atoms with Crippen molar-refractivity contribution in [1.82, 2.24) is 0 Å². The maximum absolute atomic E-state index is 9.61. The molecule has 1 aliphatic heterocycles. The minimum atomic E-state index is -0.954. The number of aliphatic hydroxyl groups is 1. The van der Waals surface area contributed by atoms with Crippen LogP contribution in [0.5, 0.6) is 0 Å². The zero-order valence-corrected chi connectivity index (χ0v) is 8.88. The Kier molecular flexibility index (Phi) is 3.32. The van der Waals surface area contributed by atoms with Crippen LogP contribution in [-0.2, 0) is 0 Å². The highest BCUT2D eigenvalue weighted by Crippen LogP contribution is 2.40. The van der Waals surface area contributed by atoms with Crippen molar-refractivity contribution in [3.05, 3.63) is 0 Å². The number of aliphatic imine (C=N–C) groups is 1. The van der Waals surface area contributed by atoms with Crippen LogP contribution in [0.2, 0.25) is 0 Å². The van der Waals surface area contributed by atoms with Gasteiger partial charge in [-0.05, 0) is 12.8 Å². The third-order valence-corrected chi connectivity index (χ3v) is 3.67. The molecule has 1 heterocycles. The molecule has 2 rings (SSSR count). The molecule has 5 heteroatoms. The van der Waals surface area contributed by atoms with Gasteiger partial charge >= 0.3 is 0 Å². The second kappa shape index (κ2) is 3.74. The van der Waals surface area contributed by atoms with Gasteiger partial charge in [0.2, 0.25) is 0 Å². The summed E-state index contributed by atoms with van der Waals surface area (Å²) in [5, 5.41) is 10.7. The van der Waals surface area contributed by atoms with E-state index in [1.54, 1.807) is 11.8 Å². The van der Waals surface area contributed by atoms with Crippen molar-refractivity contribution in [3.63, 3.8) is 0 Å². The van der Waals surface area contributed by atoms with E-state index >= 15 is 0 Å². The second-order valence-electron chi connectivity index (χ2n) is 3.13. The molecule has 2 nitrogen and oxygen atoms in total. The number of alkyl halides is 1. The van der Waals surface area contributed by atoms with E-state index in [4.69, 9.17) is 11.6 Å². The number of hydrogen-bond acceptors (Lipinski definition) is 3. The van der Waals surface area contributed by atoms with Gasteiger partial charge in [-0.2, -0.15) is 0 Å². The Balaban J connectivity index is 0.000000720. The topological polar surface area (TPSA) is 32.6 Å². The third kappa shape index (κ3) is 2.08. The number of halogens is 2. The van der Waals surface area contributed by atoms with Gasteiger partial charge in [0.1, 0.15) is 0 Å². The smallest absolute Gasteiger partial charge is 0.179 e. The Labute approximate surface area is 87.2 Å². The lowest BCUT2D eigenvalue weighted by atomic mass is 10.3. The minimum absolute atomic E-state index is 0. The Bertz CT molecular complexity index is 208. The first-order valence-corrected chi connectivity index (χ1v) is 5.26. The Hall–Kier alpha value is 0.560. The van der Waals surface area contributed by atoms with Gasteiger partial charge in [-0.3, -0.25) is 0 Å². The first kappa shape index (κ1) is 10.6. The predicted octanol–water partition coefficient (Wildman–Crippen LogP) is 1.89. The summed E-state index contributed by atoms with van der Waals surface area (Å²) in [6.45, 7) is 0. The molecular formula is C7H11Cl2NOS. The highest BCUT2D eigenvalue weighted by atomic mass is 35.5. The summed E-state index contributed by atoms with van der Waals surface area (Å²) in [5.41, 5.74) is -0.954. The highest BCUT2D eigenvalue weighted by Gasteiger charge is 2.38. The van der Waals surface area contributed by atoms with Gasteiger partial charge in [0.15, 0.2) is 5.72 Å². The molecule has 0 saturated heterocycles. The SMILES string of the molecule is Cl.OC1(CCl)CSC(C2CC2)=N1. The van der Waals surface area contributed by atoms with Crippen molar-refractivity contribution in [3.8, 4) is 0 Å². The lowest BCUT2D eigenvalue weighted by Crippen LogP contribution is -2.28. The fourth-order valence-corrected chi connectivity index (χ4v) is 2.58. The monoisotopic (exact) mass is 227 g/mol. The number of rotatable bonds is 2. The zero-order chi connectivity index (χ0) is 7.90. The largest absolute Gasteiger partial charge is 0.367 e. The Morgan fingerprint density at radius 3 is 2.75 bits per heavy atom. The van der Waals surface area contributed by atoms with Gasteiger partial charge < -0.3 is 5.11 Å². The van der Waals surface area contributed by atoms with Crippen LogP contribution >= 0.6 is 35.8 Å². The summed E-state index contributed by atoms with van der Waals surface area (Å²) in [4.78, 5) is 4.20. The fourth-order valence-electron chi connectivity index (χ4n) is 1.07. The first-order chi connectivity index (χ1) is 5.23. The fraction of sp³-hybridized carbons (Fsp3) is 0.857. The molecule has 70 valence electrons. The molecular weight excluding hydrogens is 217 g/mol. The third-order valence-electron chi connectivity index (χ3n) is 1.91. The van der Waals surface area contributed by atoms with Gasteiger partial charge in [0, 0.05) is 5.92 Å². The molecule has 0 aromatic carbocycles. The Morgan fingerprint density at radius 2 is 2.33 bits per heavy atom.